The molecule has 4 aromatic rings. The lowest BCUT2D eigenvalue weighted by molar-refractivity contribution is -0.115. The Labute approximate surface area is 194 Å². The number of para-hydroxylation sites is 2. The molecule has 0 aliphatic heterocycles. The van der Waals surface area contributed by atoms with E-state index in [1.54, 1.807) is 6.07 Å². The average Bonchev–Trinajstić information content (AvgIpc) is 3.57. The summed E-state index contributed by atoms with van der Waals surface area (Å²) in [6.07, 6.45) is 3.72. The minimum atomic E-state index is -0.732. The van der Waals surface area contributed by atoms with Gasteiger partial charge in [0.15, 0.2) is 11.6 Å². The number of rotatable bonds is 8. The fourth-order valence-electron chi connectivity index (χ4n) is 3.77. The van der Waals surface area contributed by atoms with Crippen molar-refractivity contribution in [2.45, 2.75) is 25.8 Å². The van der Waals surface area contributed by atoms with Gasteiger partial charge in [-0.2, -0.15) is 0 Å². The predicted molar refractivity (Wildman–Crippen MR) is 124 cm³/mol. The Bertz CT molecular complexity index is 1400. The van der Waals surface area contributed by atoms with E-state index in [0.717, 1.165) is 17.6 Å². The number of halogens is 1. The van der Waals surface area contributed by atoms with E-state index in [2.05, 4.69) is 15.3 Å². The van der Waals surface area contributed by atoms with E-state index >= 15 is 0 Å². The molecule has 2 aromatic heterocycles. The number of anilines is 1. The van der Waals surface area contributed by atoms with Gasteiger partial charge in [0.05, 0.1) is 17.5 Å². The number of fused-ring (bicyclic) bond motifs is 1. The third-order valence-electron chi connectivity index (χ3n) is 5.65. The van der Waals surface area contributed by atoms with E-state index in [1.165, 1.54) is 43.3 Å². The minimum Gasteiger partial charge on any atom is -0.435 e. The number of carbonyl (C=O) groups is 2. The SMILES string of the molecule is NC(=O)c1cccnc1Oc1ccc(CC(=O)Nc2nc3ccccc3n2CC2CC2)cc1F. The second kappa shape index (κ2) is 8.93. The molecule has 2 aromatic carbocycles. The number of primary amides is 1. The number of aromatic nitrogens is 3. The largest absolute Gasteiger partial charge is 0.435 e. The molecule has 34 heavy (non-hydrogen) atoms. The van der Waals surface area contributed by atoms with Crippen LogP contribution >= 0.6 is 0 Å². The molecule has 1 fully saturated rings. The first-order chi connectivity index (χ1) is 16.5. The summed E-state index contributed by atoms with van der Waals surface area (Å²) in [5, 5.41) is 2.87. The molecular formula is C25H22FN5O3. The van der Waals surface area contributed by atoms with Crippen LogP contribution in [0.25, 0.3) is 11.0 Å². The van der Waals surface area contributed by atoms with Crippen LogP contribution < -0.4 is 15.8 Å². The maximum atomic E-state index is 14.7. The van der Waals surface area contributed by atoms with Crippen LogP contribution in [0.1, 0.15) is 28.8 Å². The molecule has 2 amide bonds. The highest BCUT2D eigenvalue weighted by Gasteiger charge is 2.25. The average molecular weight is 459 g/mol. The van der Waals surface area contributed by atoms with E-state index in [-0.39, 0.29) is 29.5 Å². The van der Waals surface area contributed by atoms with Gasteiger partial charge in [-0.3, -0.25) is 14.9 Å². The molecule has 5 rings (SSSR count). The number of carbonyl (C=O) groups excluding carboxylic acids is 2. The number of nitrogens with zero attached hydrogens (tertiary/aromatic N) is 3. The summed E-state index contributed by atoms with van der Waals surface area (Å²) in [6, 6.07) is 14.9. The van der Waals surface area contributed by atoms with Crippen molar-refractivity contribution in [2.75, 3.05) is 5.32 Å². The lowest BCUT2D eigenvalue weighted by atomic mass is 10.1. The van der Waals surface area contributed by atoms with E-state index in [0.29, 0.717) is 17.4 Å². The molecule has 1 aliphatic rings. The molecule has 0 bridgehead atoms. The van der Waals surface area contributed by atoms with E-state index in [9.17, 15) is 14.0 Å². The van der Waals surface area contributed by atoms with E-state index in [4.69, 9.17) is 10.5 Å². The second-order valence-corrected chi connectivity index (χ2v) is 8.29. The molecule has 2 heterocycles. The van der Waals surface area contributed by atoms with Crippen LogP contribution in [0, 0.1) is 11.7 Å². The molecule has 1 aliphatic carbocycles. The Morgan fingerprint density at radius 2 is 1.97 bits per heavy atom. The Kier molecular flexibility index (Phi) is 5.67. The van der Waals surface area contributed by atoms with Crippen molar-refractivity contribution in [1.82, 2.24) is 14.5 Å². The number of amides is 2. The fraction of sp³-hybridized carbons (Fsp3) is 0.200. The van der Waals surface area contributed by atoms with Crippen molar-refractivity contribution >= 4 is 28.8 Å². The zero-order chi connectivity index (χ0) is 23.7. The van der Waals surface area contributed by atoms with Crippen molar-refractivity contribution in [3.8, 4) is 11.6 Å². The van der Waals surface area contributed by atoms with Gasteiger partial charge in [0.25, 0.3) is 5.91 Å². The fourth-order valence-corrected chi connectivity index (χ4v) is 3.77. The first-order valence-corrected chi connectivity index (χ1v) is 10.9. The molecule has 9 heteroatoms. The summed E-state index contributed by atoms with van der Waals surface area (Å²) in [5.41, 5.74) is 7.60. The molecule has 0 atom stereocenters. The van der Waals surface area contributed by atoms with Crippen molar-refractivity contribution < 1.29 is 18.7 Å². The minimum absolute atomic E-state index is 0.0411. The third kappa shape index (κ3) is 4.59. The van der Waals surface area contributed by atoms with E-state index < -0.39 is 11.7 Å². The molecule has 0 unspecified atom stereocenters. The van der Waals surface area contributed by atoms with Crippen LogP contribution in [0.15, 0.2) is 60.8 Å². The highest BCUT2D eigenvalue weighted by atomic mass is 19.1. The summed E-state index contributed by atoms with van der Waals surface area (Å²) in [7, 11) is 0. The molecular weight excluding hydrogens is 437 g/mol. The van der Waals surface area contributed by atoms with Gasteiger partial charge in [-0.05, 0) is 60.7 Å². The Balaban J connectivity index is 1.30. The molecule has 0 saturated heterocycles. The predicted octanol–water partition coefficient (Wildman–Crippen LogP) is 4.05. The maximum Gasteiger partial charge on any atom is 0.254 e. The normalized spacial score (nSPS) is 13.1. The zero-order valence-corrected chi connectivity index (χ0v) is 18.2. The van der Waals surface area contributed by atoms with Gasteiger partial charge >= 0.3 is 0 Å². The number of nitrogens with one attached hydrogen (secondary N) is 1. The van der Waals surface area contributed by atoms with Gasteiger partial charge in [0.1, 0.15) is 5.56 Å². The zero-order valence-electron chi connectivity index (χ0n) is 18.2. The smallest absolute Gasteiger partial charge is 0.254 e. The number of ether oxygens (including phenoxy) is 1. The number of pyridine rings is 1. The lowest BCUT2D eigenvalue weighted by Crippen LogP contribution is -2.18. The van der Waals surface area contributed by atoms with Crippen LogP contribution in [0.4, 0.5) is 10.3 Å². The summed E-state index contributed by atoms with van der Waals surface area (Å²) < 4.78 is 22.2. The van der Waals surface area contributed by atoms with Crippen LogP contribution in [-0.4, -0.2) is 26.3 Å². The van der Waals surface area contributed by atoms with Crippen molar-refractivity contribution in [2.24, 2.45) is 11.7 Å². The van der Waals surface area contributed by atoms with Crippen molar-refractivity contribution in [1.29, 1.82) is 0 Å². The van der Waals surface area contributed by atoms with Crippen molar-refractivity contribution in [3.05, 3.63) is 77.7 Å². The third-order valence-corrected chi connectivity index (χ3v) is 5.65. The standard InChI is InChI=1S/C25H22FN5O3/c26-18-12-16(9-10-21(18)34-24-17(23(27)33)4-3-11-28-24)13-22(32)30-25-29-19-5-1-2-6-20(19)31(25)14-15-7-8-15/h1-6,9-12,15H,7-8,13-14H2,(H2,27,33)(H,29,30,32). The maximum absolute atomic E-state index is 14.7. The quantitative estimate of drug-likeness (QED) is 0.413. The topological polar surface area (TPSA) is 112 Å². The number of imidazole rings is 1. The van der Waals surface area contributed by atoms with Crippen LogP contribution in [0.3, 0.4) is 0 Å². The number of hydrogen-bond donors (Lipinski definition) is 2. The monoisotopic (exact) mass is 459 g/mol. The van der Waals surface area contributed by atoms with Crippen LogP contribution in [0.2, 0.25) is 0 Å². The number of benzene rings is 2. The molecule has 172 valence electrons. The molecule has 1 saturated carbocycles. The number of nitrogens with two attached hydrogens (primary N) is 1. The second-order valence-electron chi connectivity index (χ2n) is 8.29. The highest BCUT2D eigenvalue weighted by Crippen LogP contribution is 2.33. The Hall–Kier alpha value is -4.27. The summed E-state index contributed by atoms with van der Waals surface area (Å²) in [6.45, 7) is 0.803. The summed E-state index contributed by atoms with van der Waals surface area (Å²) >= 11 is 0. The number of hydrogen-bond acceptors (Lipinski definition) is 5. The highest BCUT2D eigenvalue weighted by molar-refractivity contribution is 5.95. The Morgan fingerprint density at radius 3 is 2.74 bits per heavy atom. The van der Waals surface area contributed by atoms with E-state index in [1.807, 2.05) is 28.8 Å². The summed E-state index contributed by atoms with van der Waals surface area (Å²) in [4.78, 5) is 32.8. The van der Waals surface area contributed by atoms with Gasteiger partial charge in [0, 0.05) is 12.7 Å². The first kappa shape index (κ1) is 21.6. The van der Waals surface area contributed by atoms with Gasteiger partial charge in [-0.15, -0.1) is 0 Å². The molecule has 3 N–H and O–H groups in total. The molecule has 0 spiro atoms. The van der Waals surface area contributed by atoms with Gasteiger partial charge < -0.3 is 15.0 Å². The van der Waals surface area contributed by atoms with Crippen LogP contribution in [0.5, 0.6) is 11.6 Å². The lowest BCUT2D eigenvalue weighted by Gasteiger charge is -2.11. The van der Waals surface area contributed by atoms with Gasteiger partial charge in [0.2, 0.25) is 17.7 Å². The molecule has 8 nitrogen and oxygen atoms in total. The van der Waals surface area contributed by atoms with Crippen LogP contribution in [-0.2, 0) is 17.8 Å². The van der Waals surface area contributed by atoms with Gasteiger partial charge in [-0.25, -0.2) is 14.4 Å². The first-order valence-electron chi connectivity index (χ1n) is 10.9. The Morgan fingerprint density at radius 1 is 1.15 bits per heavy atom. The van der Waals surface area contributed by atoms with Crippen molar-refractivity contribution in [3.63, 3.8) is 0 Å². The summed E-state index contributed by atoms with van der Waals surface area (Å²) in [5.74, 6) is -0.847. The van der Waals surface area contributed by atoms with Gasteiger partial charge in [-0.1, -0.05) is 18.2 Å². The molecule has 0 radical (unpaired) electrons.